The molecule has 0 aromatic heterocycles. The van der Waals surface area contributed by atoms with E-state index >= 15 is 0 Å². The first-order chi connectivity index (χ1) is 25.7. The van der Waals surface area contributed by atoms with Gasteiger partial charge in [0.1, 0.15) is 0 Å². The molecule has 2 unspecified atom stereocenters. The highest BCUT2D eigenvalue weighted by molar-refractivity contribution is 5.76. The molecule has 0 aromatic carbocycles. The van der Waals surface area contributed by atoms with Crippen molar-refractivity contribution in [3.05, 3.63) is 48.6 Å². The highest BCUT2D eigenvalue weighted by Crippen LogP contribution is 2.15. The second kappa shape index (κ2) is 43.8. The molecule has 0 heterocycles. The number of carbonyl (C=O) groups is 1. The first kappa shape index (κ1) is 50.4. The summed E-state index contributed by atoms with van der Waals surface area (Å²) in [5.41, 5.74) is 0. The van der Waals surface area contributed by atoms with E-state index in [1.165, 1.54) is 161 Å². The lowest BCUT2D eigenvalue weighted by molar-refractivity contribution is -0.123. The van der Waals surface area contributed by atoms with Gasteiger partial charge in [-0.1, -0.05) is 204 Å². The van der Waals surface area contributed by atoms with Crippen LogP contribution in [0.3, 0.4) is 0 Å². The Bertz CT molecular complexity index is 831. The van der Waals surface area contributed by atoms with Gasteiger partial charge in [0.2, 0.25) is 5.91 Å². The number of allylic oxidation sites excluding steroid dienone is 7. The minimum atomic E-state index is -0.873. The average Bonchev–Trinajstić information content (AvgIpc) is 3.15. The van der Waals surface area contributed by atoms with Crippen LogP contribution in [-0.2, 0) is 4.79 Å². The molecule has 52 heavy (non-hydrogen) atoms. The molecule has 2 atom stereocenters. The minimum absolute atomic E-state index is 0.0876. The lowest BCUT2D eigenvalue weighted by Gasteiger charge is -2.19. The van der Waals surface area contributed by atoms with Gasteiger partial charge in [-0.3, -0.25) is 4.79 Å². The van der Waals surface area contributed by atoms with Crippen LogP contribution in [0.1, 0.15) is 232 Å². The predicted octanol–water partition coefficient (Wildman–Crippen LogP) is 14.4. The van der Waals surface area contributed by atoms with Crippen LogP contribution in [0.2, 0.25) is 0 Å². The van der Waals surface area contributed by atoms with Gasteiger partial charge >= 0.3 is 0 Å². The van der Waals surface area contributed by atoms with Crippen molar-refractivity contribution in [2.45, 2.75) is 244 Å². The fraction of sp³-hybridized carbons (Fsp3) is 0.812. The van der Waals surface area contributed by atoms with Crippen LogP contribution in [0.4, 0.5) is 0 Å². The normalized spacial score (nSPS) is 13.4. The molecule has 0 radical (unpaired) electrons. The van der Waals surface area contributed by atoms with Crippen molar-refractivity contribution in [3.63, 3.8) is 0 Å². The number of unbranched alkanes of at least 4 members (excludes halogenated alkanes) is 28. The molecular weight excluding hydrogens is 639 g/mol. The summed E-state index contributed by atoms with van der Waals surface area (Å²) in [5, 5.41) is 23.0. The number of nitrogens with one attached hydrogen (secondary N) is 1. The fourth-order valence-electron chi connectivity index (χ4n) is 6.73. The maximum Gasteiger partial charge on any atom is 0.220 e. The molecule has 0 aromatic rings. The monoisotopic (exact) mass is 728 g/mol. The lowest BCUT2D eigenvalue weighted by Crippen LogP contribution is -2.45. The van der Waals surface area contributed by atoms with Crippen LogP contribution < -0.4 is 5.32 Å². The fourth-order valence-corrected chi connectivity index (χ4v) is 6.73. The molecule has 0 saturated carbocycles. The molecule has 0 rings (SSSR count). The Morgan fingerprint density at radius 3 is 1.12 bits per heavy atom. The van der Waals surface area contributed by atoms with Crippen LogP contribution in [0.5, 0.6) is 0 Å². The molecule has 0 saturated heterocycles. The maximum atomic E-state index is 12.3. The van der Waals surface area contributed by atoms with E-state index in [2.05, 4.69) is 55.6 Å². The Hall–Kier alpha value is -1.65. The summed E-state index contributed by atoms with van der Waals surface area (Å²) in [4.78, 5) is 12.3. The van der Waals surface area contributed by atoms with E-state index in [0.29, 0.717) is 6.42 Å². The maximum absolute atomic E-state index is 12.3. The molecule has 0 spiro atoms. The summed E-state index contributed by atoms with van der Waals surface area (Å²) in [6, 6.07) is -0.649. The van der Waals surface area contributed by atoms with Crippen molar-refractivity contribution in [2.24, 2.45) is 0 Å². The summed E-state index contributed by atoms with van der Waals surface area (Å²) in [5.74, 6) is -0.0876. The summed E-state index contributed by atoms with van der Waals surface area (Å²) in [6.07, 6.45) is 59.5. The smallest absolute Gasteiger partial charge is 0.220 e. The first-order valence-electron chi connectivity index (χ1n) is 22.9. The highest BCUT2D eigenvalue weighted by atomic mass is 16.3. The summed E-state index contributed by atoms with van der Waals surface area (Å²) in [6.45, 7) is 4.28. The third-order valence-corrected chi connectivity index (χ3v) is 10.3. The molecule has 1 amide bonds. The molecule has 3 N–H and O–H groups in total. The van der Waals surface area contributed by atoms with E-state index in [0.717, 1.165) is 51.4 Å². The lowest BCUT2D eigenvalue weighted by atomic mass is 10.0. The molecule has 4 heteroatoms. The van der Waals surface area contributed by atoms with E-state index in [4.69, 9.17) is 0 Å². The van der Waals surface area contributed by atoms with Gasteiger partial charge in [0.15, 0.2) is 0 Å². The third-order valence-electron chi connectivity index (χ3n) is 10.3. The molecule has 0 fully saturated rings. The van der Waals surface area contributed by atoms with Gasteiger partial charge in [0.25, 0.3) is 0 Å². The number of hydrogen-bond acceptors (Lipinski definition) is 3. The Labute approximate surface area is 324 Å². The summed E-state index contributed by atoms with van der Waals surface area (Å²) >= 11 is 0. The SMILES string of the molecule is CCCCCCC/C=C\CCCCCCCC(=O)NC(CO)C(O)/C=C/CC/C=C/CC/C=C/CCCCCCCCCCCCCCCCCC. The molecule has 4 nitrogen and oxygen atoms in total. The quantitative estimate of drug-likeness (QED) is 0.0434. The molecule has 0 bridgehead atoms. The minimum Gasteiger partial charge on any atom is -0.394 e. The van der Waals surface area contributed by atoms with Crippen molar-refractivity contribution in [1.82, 2.24) is 5.32 Å². The summed E-state index contributed by atoms with van der Waals surface area (Å²) in [7, 11) is 0. The van der Waals surface area contributed by atoms with Gasteiger partial charge in [-0.2, -0.15) is 0 Å². The number of hydrogen-bond donors (Lipinski definition) is 3. The van der Waals surface area contributed by atoms with Crippen molar-refractivity contribution < 1.29 is 15.0 Å². The second-order valence-electron chi connectivity index (χ2n) is 15.4. The van der Waals surface area contributed by atoms with Gasteiger partial charge in [0, 0.05) is 6.42 Å². The van der Waals surface area contributed by atoms with Crippen LogP contribution in [-0.4, -0.2) is 34.9 Å². The van der Waals surface area contributed by atoms with Crippen molar-refractivity contribution in [3.8, 4) is 0 Å². The zero-order chi connectivity index (χ0) is 37.8. The van der Waals surface area contributed by atoms with Crippen LogP contribution >= 0.6 is 0 Å². The zero-order valence-corrected chi connectivity index (χ0v) is 34.8. The topological polar surface area (TPSA) is 69.6 Å². The predicted molar refractivity (Wildman–Crippen MR) is 230 cm³/mol. The number of rotatable bonds is 41. The largest absolute Gasteiger partial charge is 0.394 e. The third kappa shape index (κ3) is 39.6. The Kier molecular flexibility index (Phi) is 42.4. The Balaban J connectivity index is 3.62. The molecule has 304 valence electrons. The first-order valence-corrected chi connectivity index (χ1v) is 22.9. The second-order valence-corrected chi connectivity index (χ2v) is 15.4. The van der Waals surface area contributed by atoms with E-state index in [-0.39, 0.29) is 12.5 Å². The Morgan fingerprint density at radius 1 is 0.442 bits per heavy atom. The van der Waals surface area contributed by atoms with Crippen LogP contribution in [0, 0.1) is 0 Å². The van der Waals surface area contributed by atoms with E-state index in [9.17, 15) is 15.0 Å². The number of carbonyl (C=O) groups excluding carboxylic acids is 1. The number of aliphatic hydroxyl groups excluding tert-OH is 2. The van der Waals surface area contributed by atoms with E-state index < -0.39 is 12.1 Å². The number of aliphatic hydroxyl groups is 2. The van der Waals surface area contributed by atoms with Gasteiger partial charge < -0.3 is 15.5 Å². The van der Waals surface area contributed by atoms with Gasteiger partial charge in [-0.05, 0) is 70.6 Å². The van der Waals surface area contributed by atoms with Crippen molar-refractivity contribution in [1.29, 1.82) is 0 Å². The summed E-state index contributed by atoms with van der Waals surface area (Å²) < 4.78 is 0. The van der Waals surface area contributed by atoms with Crippen molar-refractivity contribution in [2.75, 3.05) is 6.61 Å². The molecular formula is C48H89NO3. The van der Waals surface area contributed by atoms with Crippen LogP contribution in [0.15, 0.2) is 48.6 Å². The molecule has 0 aliphatic heterocycles. The van der Waals surface area contributed by atoms with Gasteiger partial charge in [-0.15, -0.1) is 0 Å². The van der Waals surface area contributed by atoms with E-state index in [1.807, 2.05) is 6.08 Å². The average molecular weight is 728 g/mol. The van der Waals surface area contributed by atoms with E-state index in [1.54, 1.807) is 6.08 Å². The zero-order valence-electron chi connectivity index (χ0n) is 34.8. The Morgan fingerprint density at radius 2 is 0.750 bits per heavy atom. The molecule has 0 aliphatic rings. The standard InChI is InChI=1S/C48H89NO3/c1-3-5-7-9-11-13-15-17-19-20-21-22-23-24-25-26-27-28-29-30-31-33-35-37-39-41-43-47(51)46(45-50)49-48(52)44-42-40-38-36-34-32-18-16-14-12-10-8-6-4-2/h16,18,28-29,33,35,41,43,46-47,50-51H,3-15,17,19-27,30-32,34,36-40,42,44-45H2,1-2H3,(H,49,52)/b18-16-,29-28+,35-33+,43-41+. The highest BCUT2D eigenvalue weighted by Gasteiger charge is 2.17. The number of amides is 1. The van der Waals surface area contributed by atoms with Crippen molar-refractivity contribution >= 4 is 5.91 Å². The van der Waals surface area contributed by atoms with Gasteiger partial charge in [-0.25, -0.2) is 0 Å². The molecule has 0 aliphatic carbocycles. The van der Waals surface area contributed by atoms with Crippen LogP contribution in [0.25, 0.3) is 0 Å². The van der Waals surface area contributed by atoms with Gasteiger partial charge in [0.05, 0.1) is 18.8 Å².